The Bertz CT molecular complexity index is 431. The van der Waals surface area contributed by atoms with E-state index in [-0.39, 0.29) is 0 Å². The highest BCUT2D eigenvalue weighted by Gasteiger charge is 2.08. The minimum Gasteiger partial charge on any atom is -0.220 e. The van der Waals surface area contributed by atoms with Crippen LogP contribution in [0.2, 0.25) is 5.15 Å². The number of nitrogens with zero attached hydrogens (tertiary/aromatic N) is 3. The molecule has 0 N–H and O–H groups in total. The van der Waals surface area contributed by atoms with Gasteiger partial charge < -0.3 is 0 Å². The van der Waals surface area contributed by atoms with Crippen LogP contribution in [0.1, 0.15) is 0 Å². The van der Waals surface area contributed by atoms with Gasteiger partial charge in [-0.05, 0) is 22.0 Å². The lowest BCUT2D eigenvalue weighted by molar-refractivity contribution is 0.979. The lowest BCUT2D eigenvalue weighted by atomic mass is 10.4. The first-order valence-corrected chi connectivity index (χ1v) is 5.40. The van der Waals surface area contributed by atoms with Crippen molar-refractivity contribution in [3.05, 3.63) is 27.4 Å². The van der Waals surface area contributed by atoms with Gasteiger partial charge in [-0.25, -0.2) is 4.98 Å². The maximum absolute atomic E-state index is 5.85. The summed E-state index contributed by atoms with van der Waals surface area (Å²) < 4.78 is 1.01. The van der Waals surface area contributed by atoms with E-state index in [1.807, 2.05) is 11.4 Å². The van der Waals surface area contributed by atoms with Crippen LogP contribution < -0.4 is 0 Å². The largest absolute Gasteiger partial charge is 0.220 e. The highest BCUT2D eigenvalue weighted by Crippen LogP contribution is 2.31. The molecule has 3 nitrogen and oxygen atoms in total. The standard InChI is InChI=1S/C7H3BrClN3S/c8-4-1-5(13-2-4)6-7(9)10-3-11-12-6/h1-3H. The van der Waals surface area contributed by atoms with Crippen molar-refractivity contribution in [2.45, 2.75) is 0 Å². The SMILES string of the molecule is Clc1ncnnc1-c1cc(Br)cs1. The Morgan fingerprint density at radius 1 is 1.46 bits per heavy atom. The van der Waals surface area contributed by atoms with E-state index in [1.165, 1.54) is 6.33 Å². The van der Waals surface area contributed by atoms with E-state index in [0.29, 0.717) is 10.8 Å². The predicted octanol–water partition coefficient (Wildman–Crippen LogP) is 3.02. The van der Waals surface area contributed by atoms with Crippen molar-refractivity contribution in [2.75, 3.05) is 0 Å². The second-order valence-corrected chi connectivity index (χ2v) is 4.41. The van der Waals surface area contributed by atoms with E-state index >= 15 is 0 Å². The van der Waals surface area contributed by atoms with E-state index in [4.69, 9.17) is 11.6 Å². The second kappa shape index (κ2) is 3.69. The van der Waals surface area contributed by atoms with Gasteiger partial charge in [0.25, 0.3) is 0 Å². The van der Waals surface area contributed by atoms with Gasteiger partial charge in [-0.15, -0.1) is 21.5 Å². The zero-order chi connectivity index (χ0) is 9.26. The molecule has 0 spiro atoms. The van der Waals surface area contributed by atoms with Gasteiger partial charge in [0.15, 0.2) is 5.15 Å². The molecule has 0 aliphatic heterocycles. The van der Waals surface area contributed by atoms with Gasteiger partial charge in [0, 0.05) is 9.85 Å². The van der Waals surface area contributed by atoms with Crippen molar-refractivity contribution in [3.8, 4) is 10.6 Å². The van der Waals surface area contributed by atoms with Crippen LogP contribution in [0.25, 0.3) is 10.6 Å². The predicted molar refractivity (Wildman–Crippen MR) is 55.9 cm³/mol. The Morgan fingerprint density at radius 3 is 2.92 bits per heavy atom. The molecule has 0 fully saturated rings. The summed E-state index contributed by atoms with van der Waals surface area (Å²) >= 11 is 10.7. The fourth-order valence-electron chi connectivity index (χ4n) is 0.851. The molecule has 0 radical (unpaired) electrons. The van der Waals surface area contributed by atoms with Gasteiger partial charge in [-0.2, -0.15) is 0 Å². The van der Waals surface area contributed by atoms with Crippen LogP contribution in [-0.4, -0.2) is 15.2 Å². The molecule has 6 heteroatoms. The summed E-state index contributed by atoms with van der Waals surface area (Å²) in [6.45, 7) is 0. The van der Waals surface area contributed by atoms with Crippen molar-refractivity contribution < 1.29 is 0 Å². The molecule has 2 aromatic rings. The van der Waals surface area contributed by atoms with Crippen molar-refractivity contribution in [1.29, 1.82) is 0 Å². The molecule has 2 rings (SSSR count). The summed E-state index contributed by atoms with van der Waals surface area (Å²) in [4.78, 5) is 4.80. The number of rotatable bonds is 1. The Morgan fingerprint density at radius 2 is 2.31 bits per heavy atom. The normalized spacial score (nSPS) is 10.3. The lowest BCUT2D eigenvalue weighted by Gasteiger charge is -1.95. The molecule has 0 saturated heterocycles. The first-order chi connectivity index (χ1) is 6.27. The average Bonchev–Trinajstić information content (AvgIpc) is 2.53. The van der Waals surface area contributed by atoms with Crippen LogP contribution in [-0.2, 0) is 0 Å². The Hall–Kier alpha value is -0.520. The molecule has 0 atom stereocenters. The van der Waals surface area contributed by atoms with Gasteiger partial charge in [0.05, 0.1) is 4.88 Å². The summed E-state index contributed by atoms with van der Waals surface area (Å²) in [5, 5.41) is 9.92. The molecule has 66 valence electrons. The lowest BCUT2D eigenvalue weighted by Crippen LogP contribution is -1.88. The van der Waals surface area contributed by atoms with Crippen molar-refractivity contribution in [1.82, 2.24) is 15.2 Å². The highest BCUT2D eigenvalue weighted by atomic mass is 79.9. The highest BCUT2D eigenvalue weighted by molar-refractivity contribution is 9.10. The quantitative estimate of drug-likeness (QED) is 0.803. The number of thiophene rings is 1. The molecular formula is C7H3BrClN3S. The van der Waals surface area contributed by atoms with E-state index in [1.54, 1.807) is 11.3 Å². The molecule has 2 heterocycles. The molecule has 0 saturated carbocycles. The van der Waals surface area contributed by atoms with Crippen LogP contribution in [0, 0.1) is 0 Å². The summed E-state index contributed by atoms with van der Waals surface area (Å²) in [5.74, 6) is 0. The molecule has 0 unspecified atom stereocenters. The van der Waals surface area contributed by atoms with Crippen LogP contribution in [0.15, 0.2) is 22.2 Å². The van der Waals surface area contributed by atoms with Crippen LogP contribution in [0.3, 0.4) is 0 Å². The third kappa shape index (κ3) is 1.87. The van der Waals surface area contributed by atoms with Crippen LogP contribution in [0.5, 0.6) is 0 Å². The molecular weight excluding hydrogens is 274 g/mol. The number of halogens is 2. The molecule has 2 aromatic heterocycles. The molecule has 0 bridgehead atoms. The second-order valence-electron chi connectivity index (χ2n) is 2.23. The smallest absolute Gasteiger partial charge is 0.159 e. The summed E-state index contributed by atoms with van der Waals surface area (Å²) in [7, 11) is 0. The molecule has 0 aromatic carbocycles. The maximum Gasteiger partial charge on any atom is 0.159 e. The van der Waals surface area contributed by atoms with E-state index in [0.717, 1.165) is 9.35 Å². The monoisotopic (exact) mass is 275 g/mol. The van der Waals surface area contributed by atoms with Crippen molar-refractivity contribution in [3.63, 3.8) is 0 Å². The van der Waals surface area contributed by atoms with Crippen molar-refractivity contribution >= 4 is 38.9 Å². The van der Waals surface area contributed by atoms with Gasteiger partial charge in [0.2, 0.25) is 0 Å². The van der Waals surface area contributed by atoms with Crippen molar-refractivity contribution in [2.24, 2.45) is 0 Å². The first-order valence-electron chi connectivity index (χ1n) is 3.35. The summed E-state index contributed by atoms with van der Waals surface area (Å²) in [6, 6.07) is 1.93. The Labute approximate surface area is 91.9 Å². The van der Waals surface area contributed by atoms with Gasteiger partial charge >= 0.3 is 0 Å². The Balaban J connectivity index is 2.52. The maximum atomic E-state index is 5.85. The first kappa shape index (κ1) is 9.05. The summed E-state index contributed by atoms with van der Waals surface area (Å²) in [5.41, 5.74) is 0.625. The van der Waals surface area contributed by atoms with E-state index < -0.39 is 0 Å². The average molecular weight is 277 g/mol. The van der Waals surface area contributed by atoms with Crippen LogP contribution >= 0.6 is 38.9 Å². The van der Waals surface area contributed by atoms with Gasteiger partial charge in [0.1, 0.15) is 12.0 Å². The molecule has 0 aliphatic carbocycles. The third-order valence-corrected chi connectivity index (χ3v) is 3.35. The number of aromatic nitrogens is 3. The zero-order valence-electron chi connectivity index (χ0n) is 6.24. The minimum atomic E-state index is 0.379. The Kier molecular flexibility index (Phi) is 2.57. The van der Waals surface area contributed by atoms with E-state index in [9.17, 15) is 0 Å². The fourth-order valence-corrected chi connectivity index (χ4v) is 2.50. The number of hydrogen-bond donors (Lipinski definition) is 0. The zero-order valence-corrected chi connectivity index (χ0v) is 9.40. The molecule has 13 heavy (non-hydrogen) atoms. The number of hydrogen-bond acceptors (Lipinski definition) is 4. The topological polar surface area (TPSA) is 38.7 Å². The fraction of sp³-hybridized carbons (Fsp3) is 0. The van der Waals surface area contributed by atoms with Gasteiger partial charge in [-0.1, -0.05) is 11.6 Å². The molecule has 0 amide bonds. The third-order valence-electron chi connectivity index (χ3n) is 1.38. The van der Waals surface area contributed by atoms with E-state index in [2.05, 4.69) is 31.1 Å². The summed E-state index contributed by atoms with van der Waals surface area (Å²) in [6.07, 6.45) is 1.33. The molecule has 0 aliphatic rings. The van der Waals surface area contributed by atoms with Gasteiger partial charge in [-0.3, -0.25) is 0 Å². The van der Waals surface area contributed by atoms with Crippen LogP contribution in [0.4, 0.5) is 0 Å². The minimum absolute atomic E-state index is 0.379.